The summed E-state index contributed by atoms with van der Waals surface area (Å²) in [5, 5.41) is 9.11. The van der Waals surface area contributed by atoms with Gasteiger partial charge in [0, 0.05) is 7.05 Å². The summed E-state index contributed by atoms with van der Waals surface area (Å²) in [5.41, 5.74) is 0.305. The highest BCUT2D eigenvalue weighted by Crippen LogP contribution is 2.33. The molecule has 0 aliphatic carbocycles. The van der Waals surface area contributed by atoms with Crippen molar-refractivity contribution in [1.82, 2.24) is 4.98 Å². The van der Waals surface area contributed by atoms with Gasteiger partial charge in [0.25, 0.3) is 0 Å². The molecule has 1 aromatic heterocycles. The quantitative estimate of drug-likeness (QED) is 0.939. The SMILES string of the molecule is CN(c1nc(Cl)c(C(=O)O)s1)c1ccccc1F. The third kappa shape index (κ3) is 2.30. The third-order valence-corrected chi connectivity index (χ3v) is 3.77. The number of nitrogens with zero attached hydrogens (tertiary/aromatic N) is 2. The first-order valence-corrected chi connectivity index (χ1v) is 6.08. The molecule has 4 nitrogen and oxygen atoms in total. The van der Waals surface area contributed by atoms with Crippen molar-refractivity contribution in [3.63, 3.8) is 0 Å². The van der Waals surface area contributed by atoms with E-state index in [2.05, 4.69) is 4.98 Å². The summed E-state index contributed by atoms with van der Waals surface area (Å²) in [4.78, 5) is 16.2. The maximum absolute atomic E-state index is 13.6. The number of anilines is 2. The van der Waals surface area contributed by atoms with E-state index in [1.807, 2.05) is 0 Å². The Hall–Kier alpha value is -1.66. The number of rotatable bonds is 3. The molecule has 1 aromatic carbocycles. The Balaban J connectivity index is 2.41. The van der Waals surface area contributed by atoms with Crippen LogP contribution in [0.2, 0.25) is 5.15 Å². The molecule has 0 fully saturated rings. The smallest absolute Gasteiger partial charge is 0.349 e. The number of hydrogen-bond donors (Lipinski definition) is 1. The van der Waals surface area contributed by atoms with E-state index in [4.69, 9.17) is 16.7 Å². The van der Waals surface area contributed by atoms with Crippen molar-refractivity contribution in [3.05, 3.63) is 40.1 Å². The van der Waals surface area contributed by atoms with Crippen LogP contribution in [0.3, 0.4) is 0 Å². The number of aromatic nitrogens is 1. The Bertz CT molecular complexity index is 602. The first kappa shape index (κ1) is 12.8. The molecular weight excluding hydrogens is 279 g/mol. The van der Waals surface area contributed by atoms with Gasteiger partial charge in [0.15, 0.2) is 15.2 Å². The van der Waals surface area contributed by atoms with Crippen LogP contribution in [-0.4, -0.2) is 23.1 Å². The van der Waals surface area contributed by atoms with Gasteiger partial charge in [-0.25, -0.2) is 14.2 Å². The van der Waals surface area contributed by atoms with Crippen LogP contribution in [0.5, 0.6) is 0 Å². The second-order valence-electron chi connectivity index (χ2n) is 3.43. The maximum atomic E-state index is 13.6. The molecule has 0 aliphatic heterocycles. The number of carbonyl (C=O) groups is 1. The number of thiazole rings is 1. The normalized spacial score (nSPS) is 10.4. The van der Waals surface area contributed by atoms with Gasteiger partial charge in [-0.1, -0.05) is 35.1 Å². The molecular formula is C11H8ClFN2O2S. The summed E-state index contributed by atoms with van der Waals surface area (Å²) in [6, 6.07) is 6.15. The van der Waals surface area contributed by atoms with Gasteiger partial charge in [0.1, 0.15) is 5.82 Å². The third-order valence-electron chi connectivity index (χ3n) is 2.27. The van der Waals surface area contributed by atoms with Gasteiger partial charge in [-0.3, -0.25) is 0 Å². The van der Waals surface area contributed by atoms with Crippen molar-refractivity contribution >= 4 is 39.7 Å². The van der Waals surface area contributed by atoms with Crippen LogP contribution in [-0.2, 0) is 0 Å². The number of para-hydroxylation sites is 1. The van der Waals surface area contributed by atoms with Gasteiger partial charge < -0.3 is 10.0 Å². The van der Waals surface area contributed by atoms with Crippen LogP contribution in [0.1, 0.15) is 9.67 Å². The molecule has 0 saturated heterocycles. The zero-order valence-electron chi connectivity index (χ0n) is 9.22. The van der Waals surface area contributed by atoms with Crippen LogP contribution in [0.15, 0.2) is 24.3 Å². The molecule has 0 bridgehead atoms. The molecule has 18 heavy (non-hydrogen) atoms. The number of aromatic carboxylic acids is 1. The first-order chi connectivity index (χ1) is 8.50. The molecule has 1 heterocycles. The van der Waals surface area contributed by atoms with Crippen LogP contribution in [0, 0.1) is 5.82 Å². The first-order valence-electron chi connectivity index (χ1n) is 4.88. The minimum absolute atomic E-state index is 0.0603. The standard InChI is InChI=1S/C11H8ClFN2O2S/c1-15(7-5-3-2-4-6(7)13)11-14-9(12)8(18-11)10(16)17/h2-5H,1H3,(H,16,17). The van der Waals surface area contributed by atoms with Gasteiger partial charge in [0.2, 0.25) is 0 Å². The molecule has 0 radical (unpaired) electrons. The molecule has 94 valence electrons. The summed E-state index contributed by atoms with van der Waals surface area (Å²) >= 11 is 6.61. The highest BCUT2D eigenvalue weighted by Gasteiger charge is 2.19. The van der Waals surface area contributed by atoms with Gasteiger partial charge in [0.05, 0.1) is 5.69 Å². The predicted molar refractivity (Wildman–Crippen MR) is 68.5 cm³/mol. The lowest BCUT2D eigenvalue weighted by molar-refractivity contribution is 0.0702. The molecule has 1 N–H and O–H groups in total. The maximum Gasteiger partial charge on any atom is 0.349 e. The van der Waals surface area contributed by atoms with Crippen molar-refractivity contribution in [2.45, 2.75) is 0 Å². The summed E-state index contributed by atoms with van der Waals surface area (Å²) in [6.07, 6.45) is 0. The molecule has 0 aliphatic rings. The minimum Gasteiger partial charge on any atom is -0.477 e. The molecule has 0 saturated carbocycles. The number of halogens is 2. The zero-order valence-corrected chi connectivity index (χ0v) is 10.8. The van der Waals surface area contributed by atoms with Gasteiger partial charge >= 0.3 is 5.97 Å². The lowest BCUT2D eigenvalue weighted by Gasteiger charge is -2.16. The largest absolute Gasteiger partial charge is 0.477 e. The summed E-state index contributed by atoms with van der Waals surface area (Å²) < 4.78 is 13.6. The Morgan fingerprint density at radius 3 is 2.72 bits per heavy atom. The molecule has 0 amide bonds. The second kappa shape index (κ2) is 4.91. The molecule has 7 heteroatoms. The van der Waals surface area contributed by atoms with Crippen molar-refractivity contribution in [2.75, 3.05) is 11.9 Å². The molecule has 0 unspecified atom stereocenters. The average Bonchev–Trinajstić information content (AvgIpc) is 2.71. The summed E-state index contributed by atoms with van der Waals surface area (Å²) in [7, 11) is 1.60. The minimum atomic E-state index is -1.15. The van der Waals surface area contributed by atoms with Gasteiger partial charge in [-0.15, -0.1) is 0 Å². The van der Waals surface area contributed by atoms with E-state index in [1.165, 1.54) is 11.0 Å². The Labute approximate surface area is 111 Å². The van der Waals surface area contributed by atoms with Gasteiger partial charge in [-0.05, 0) is 12.1 Å². The zero-order chi connectivity index (χ0) is 13.3. The average molecular weight is 287 g/mol. The summed E-state index contributed by atoms with van der Waals surface area (Å²) in [5.74, 6) is -1.56. The fraction of sp³-hybridized carbons (Fsp3) is 0.0909. The van der Waals surface area contributed by atoms with E-state index in [9.17, 15) is 9.18 Å². The lowest BCUT2D eigenvalue weighted by Crippen LogP contribution is -2.10. The van der Waals surface area contributed by atoms with Crippen LogP contribution in [0.25, 0.3) is 0 Å². The van der Waals surface area contributed by atoms with E-state index in [0.29, 0.717) is 10.8 Å². The van der Waals surface area contributed by atoms with E-state index in [-0.39, 0.29) is 10.0 Å². The highest BCUT2D eigenvalue weighted by molar-refractivity contribution is 7.18. The van der Waals surface area contributed by atoms with Crippen molar-refractivity contribution in [3.8, 4) is 0 Å². The number of carboxylic acids is 1. The van der Waals surface area contributed by atoms with E-state index < -0.39 is 11.8 Å². The monoisotopic (exact) mass is 286 g/mol. The molecule has 0 spiro atoms. The topological polar surface area (TPSA) is 53.4 Å². The van der Waals surface area contributed by atoms with Crippen molar-refractivity contribution in [1.29, 1.82) is 0 Å². The molecule has 2 aromatic rings. The Morgan fingerprint density at radius 2 is 2.17 bits per heavy atom. The van der Waals surface area contributed by atoms with Crippen molar-refractivity contribution < 1.29 is 14.3 Å². The predicted octanol–water partition coefficient (Wildman–Crippen LogP) is 3.40. The number of hydrogen-bond acceptors (Lipinski definition) is 4. The van der Waals surface area contributed by atoms with Crippen LogP contribution in [0.4, 0.5) is 15.2 Å². The number of carboxylic acid groups (broad SMARTS) is 1. The fourth-order valence-electron chi connectivity index (χ4n) is 1.39. The Kier molecular flexibility index (Phi) is 3.49. The van der Waals surface area contributed by atoms with Crippen LogP contribution < -0.4 is 4.90 Å². The van der Waals surface area contributed by atoms with E-state index in [0.717, 1.165) is 11.3 Å². The van der Waals surface area contributed by atoms with E-state index in [1.54, 1.807) is 25.2 Å². The second-order valence-corrected chi connectivity index (χ2v) is 4.77. The molecule has 2 rings (SSSR count). The van der Waals surface area contributed by atoms with Gasteiger partial charge in [-0.2, -0.15) is 0 Å². The Morgan fingerprint density at radius 1 is 1.50 bits per heavy atom. The van der Waals surface area contributed by atoms with E-state index >= 15 is 0 Å². The summed E-state index contributed by atoms with van der Waals surface area (Å²) in [6.45, 7) is 0. The lowest BCUT2D eigenvalue weighted by atomic mass is 10.3. The van der Waals surface area contributed by atoms with Crippen molar-refractivity contribution in [2.24, 2.45) is 0 Å². The highest BCUT2D eigenvalue weighted by atomic mass is 35.5. The molecule has 0 atom stereocenters. The van der Waals surface area contributed by atoms with Crippen LogP contribution >= 0.6 is 22.9 Å². The number of benzene rings is 1. The fourth-order valence-corrected chi connectivity index (χ4v) is 2.49.